The lowest BCUT2D eigenvalue weighted by molar-refractivity contribution is -0.143. The summed E-state index contributed by atoms with van der Waals surface area (Å²) in [6.45, 7) is 1.63. The number of aliphatic carboxylic acids is 1. The predicted octanol–water partition coefficient (Wildman–Crippen LogP) is -7.58. The molecule has 10 atom stereocenters. The lowest BCUT2D eigenvalue weighted by Crippen LogP contribution is -2.61. The number of nitrogens with two attached hydrogens (primary N) is 8. The van der Waals surface area contributed by atoms with Gasteiger partial charge in [-0.2, -0.15) is 0 Å². The summed E-state index contributed by atoms with van der Waals surface area (Å²) >= 11 is 0.806. The number of nitrogens with zero attached hydrogens (tertiary/aromatic N) is 4. The van der Waals surface area contributed by atoms with Gasteiger partial charge in [0.15, 0.2) is 17.9 Å². The second-order valence-corrected chi connectivity index (χ2v) is 26.4. The number of unbranched alkanes of at least 4 members (excludes halogenated alkanes) is 1. The third kappa shape index (κ3) is 32.4. The molecule has 2 fully saturated rings. The summed E-state index contributed by atoms with van der Waals surface area (Å²) in [5.41, 5.74) is 46.0. The molecule has 2 aromatic rings. The molecule has 2 heterocycles. The van der Waals surface area contributed by atoms with Gasteiger partial charge in [-0.15, -0.1) is 11.8 Å². The maximum absolute atomic E-state index is 15.1. The van der Waals surface area contributed by atoms with Gasteiger partial charge < -0.3 is 119 Å². The van der Waals surface area contributed by atoms with Crippen LogP contribution in [0, 0.1) is 5.92 Å². The van der Waals surface area contributed by atoms with E-state index in [9.17, 15) is 67.7 Å². The molecule has 40 heteroatoms. The molecule has 39 nitrogen and oxygen atoms in total. The molecule has 13 amide bonds. The minimum atomic E-state index is -1.92. The number of nitrogens with one attached hydrogen (secondary N) is 11. The van der Waals surface area contributed by atoms with Crippen LogP contribution in [0.4, 0.5) is 0 Å². The van der Waals surface area contributed by atoms with E-state index in [0.29, 0.717) is 17.5 Å². The van der Waals surface area contributed by atoms with Crippen molar-refractivity contribution in [2.45, 2.75) is 164 Å². The second kappa shape index (κ2) is 45.1. The fourth-order valence-electron chi connectivity index (χ4n) is 11.0. The van der Waals surface area contributed by atoms with E-state index in [1.165, 1.54) is 29.2 Å². The summed E-state index contributed by atoms with van der Waals surface area (Å²) in [4.78, 5) is 209. The number of hydrogen-bond donors (Lipinski definition) is 21. The molecule has 0 spiro atoms. The Morgan fingerprint density at radius 2 is 0.990 bits per heavy atom. The highest BCUT2D eigenvalue weighted by Crippen LogP contribution is 2.22. The number of fused-ring (bicyclic) bond motifs is 1. The number of carboxylic acid groups (broad SMARTS) is 1. The van der Waals surface area contributed by atoms with Crippen LogP contribution < -0.4 is 104 Å². The zero-order chi connectivity index (χ0) is 77.7. The van der Waals surface area contributed by atoms with Crippen LogP contribution in [0.2, 0.25) is 0 Å². The number of phenolic OH excluding ortho intramolecular Hbond substituents is 1. The van der Waals surface area contributed by atoms with E-state index in [2.05, 4.69) is 73.5 Å². The first-order valence-corrected chi connectivity index (χ1v) is 35.3. The Hall–Kier alpha value is -11.1. The summed E-state index contributed by atoms with van der Waals surface area (Å²) in [6, 6.07) is -1.08. The first-order chi connectivity index (χ1) is 49.8. The highest BCUT2D eigenvalue weighted by Gasteiger charge is 2.41. The molecule has 105 heavy (non-hydrogen) atoms. The predicted molar refractivity (Wildman–Crippen MR) is 386 cm³/mol. The van der Waals surface area contributed by atoms with Crippen molar-refractivity contribution in [3.63, 3.8) is 0 Å². The lowest BCUT2D eigenvalue weighted by Gasteiger charge is -2.31. The Kier molecular flexibility index (Phi) is 37.1. The van der Waals surface area contributed by atoms with E-state index in [1.807, 2.05) is 0 Å². The molecule has 2 aromatic carbocycles. The number of carbonyl (C=O) groups excluding carboxylic acids is 13. The van der Waals surface area contributed by atoms with Crippen LogP contribution in [0.1, 0.15) is 102 Å². The van der Waals surface area contributed by atoms with Gasteiger partial charge in [0.1, 0.15) is 66.2 Å². The Balaban J connectivity index is 1.85. The van der Waals surface area contributed by atoms with Crippen molar-refractivity contribution in [3.8, 4) is 5.75 Å². The van der Waals surface area contributed by atoms with Gasteiger partial charge in [-0.05, 0) is 106 Å². The molecule has 0 radical (unpaired) electrons. The summed E-state index contributed by atoms with van der Waals surface area (Å²) in [5, 5.41) is 47.9. The number of carboxylic acids is 1. The van der Waals surface area contributed by atoms with Crippen molar-refractivity contribution < 1.29 is 77.3 Å². The standard InChI is InChI=1S/C65H101N23O16S/c1-35(2)27-43-57(99)82-41(21-25-76-65(72)73)56(98)86-45(28-36-11-4-3-5-12-36)59(101)84-42(15-9-24-75-64(70)71)62(104)88-26-10-16-48(88)61(103)83-40(13-6-7-22-66)55(97)87-46(30-52(93)94)60(102)81-39(14-8-23-74-63(68)69)54(96)78-31-49(90)77-32-50(91)80-47(53(67)95)33-105-34-51(92)79-44(58(100)85-43)29-37-17-19-38(89)20-18-37/h3-5,11-12,17-20,35,39-48,89H,6-10,13-16,21-34,66H2,1-2H3,(H2,67,95)(H,77,90)(H,78,96)(H,79,92)(H,80,91)(H,81,102)(H,82,99)(H,83,103)(H,84,101)(H,85,100)(H,86,98)(H,87,97)(H,93,94)(H4,68,69,74)(H4,70,71,75)(H4,72,73,76)/t39-,40-,41-,42-,43-,44-,45-,46-,47-,48-/m0/s1. The second-order valence-electron chi connectivity index (χ2n) is 25.3. The molecule has 2 aliphatic heterocycles. The summed E-state index contributed by atoms with van der Waals surface area (Å²) in [5.74, 6) is -16.0. The van der Waals surface area contributed by atoms with Gasteiger partial charge >= 0.3 is 5.97 Å². The van der Waals surface area contributed by atoms with E-state index >= 15 is 9.59 Å². The molecule has 0 bridgehead atoms. The van der Waals surface area contributed by atoms with Crippen molar-refractivity contribution in [1.82, 2.24) is 63.4 Å². The SMILES string of the molecule is CC(C)C[C@@H]1NC(=O)[C@H](Cc2ccc(O)cc2)NC(=O)CSC[C@@H](C(N)=O)NC(=O)CNC(=O)CNC(=O)[C@H](CCCN=C(N)N)NC(=O)[C@H](CC(=O)O)NC(=O)[C@H](CCCCN)NC(=O)[C@@H]2CCCN2C(=O)[C@H](CCCN=C(N)N)NC(=O)[C@H](Cc2ccccc2)NC(=O)[C@H](CCN=C(N)N)NC1=O. The highest BCUT2D eigenvalue weighted by molar-refractivity contribution is 8.00. The van der Waals surface area contributed by atoms with Crippen LogP contribution in [-0.4, -0.2) is 233 Å². The number of hydrogen-bond acceptors (Lipinski definition) is 20. The minimum Gasteiger partial charge on any atom is -0.508 e. The monoisotopic (exact) mass is 1490 g/mol. The highest BCUT2D eigenvalue weighted by atomic mass is 32.2. The first-order valence-electron chi connectivity index (χ1n) is 34.2. The number of amides is 13. The fourth-order valence-corrected chi connectivity index (χ4v) is 11.9. The number of aliphatic imine (C=N–C) groups is 3. The van der Waals surface area contributed by atoms with Gasteiger partial charge in [-0.3, -0.25) is 82.1 Å². The number of phenols is 1. The molecule has 2 aliphatic rings. The zero-order valence-corrected chi connectivity index (χ0v) is 59.6. The number of benzene rings is 2. The quantitative estimate of drug-likeness (QED) is 0.0264. The molecule has 578 valence electrons. The number of carbonyl (C=O) groups is 14. The van der Waals surface area contributed by atoms with Gasteiger partial charge in [0, 0.05) is 44.8 Å². The Morgan fingerprint density at radius 3 is 1.57 bits per heavy atom. The molecule has 0 unspecified atom stereocenters. The number of aromatic hydroxyl groups is 1. The Labute approximate surface area is 610 Å². The summed E-state index contributed by atoms with van der Waals surface area (Å²) in [7, 11) is 0. The Morgan fingerprint density at radius 1 is 0.514 bits per heavy atom. The van der Waals surface area contributed by atoms with Gasteiger partial charge in [-0.1, -0.05) is 56.3 Å². The minimum absolute atomic E-state index is 0.0132. The van der Waals surface area contributed by atoms with Crippen molar-refractivity contribution >= 4 is 112 Å². The van der Waals surface area contributed by atoms with Crippen LogP contribution in [0.3, 0.4) is 0 Å². The van der Waals surface area contributed by atoms with Crippen molar-refractivity contribution in [3.05, 3.63) is 65.7 Å². The largest absolute Gasteiger partial charge is 0.508 e. The van der Waals surface area contributed by atoms with Gasteiger partial charge in [0.2, 0.25) is 76.8 Å². The summed E-state index contributed by atoms with van der Waals surface area (Å²) in [6.07, 6.45) is -1.45. The number of rotatable bonds is 24. The smallest absolute Gasteiger partial charge is 0.305 e. The maximum Gasteiger partial charge on any atom is 0.305 e. The third-order valence-electron chi connectivity index (χ3n) is 16.3. The van der Waals surface area contributed by atoms with E-state index in [1.54, 1.807) is 44.2 Å². The van der Waals surface area contributed by atoms with Crippen LogP contribution >= 0.6 is 11.8 Å². The van der Waals surface area contributed by atoms with Gasteiger partial charge in [0.05, 0.1) is 25.3 Å². The molecule has 0 saturated carbocycles. The molecule has 4 rings (SSSR count). The molecule has 0 aromatic heterocycles. The Bertz CT molecular complexity index is 3410. The van der Waals surface area contributed by atoms with E-state index in [4.69, 9.17) is 45.9 Å². The van der Waals surface area contributed by atoms with Crippen LogP contribution in [-0.2, 0) is 80.0 Å². The normalized spacial score (nSPS) is 23.1. The molecular weight excluding hydrogens is 1390 g/mol. The van der Waals surface area contributed by atoms with Crippen molar-refractivity contribution in [2.75, 3.05) is 57.3 Å². The topological polar surface area (TPSA) is 660 Å². The average molecular weight is 1490 g/mol. The van der Waals surface area contributed by atoms with E-state index in [0.717, 1.165) is 11.8 Å². The maximum atomic E-state index is 15.1. The molecule has 0 aliphatic carbocycles. The lowest BCUT2D eigenvalue weighted by atomic mass is 10.00. The number of thioether (sulfide) groups is 1. The van der Waals surface area contributed by atoms with Gasteiger partial charge in [0.25, 0.3) is 0 Å². The molecule has 29 N–H and O–H groups in total. The number of primary amides is 1. The van der Waals surface area contributed by atoms with Crippen LogP contribution in [0.5, 0.6) is 5.75 Å². The average Bonchev–Trinajstić information content (AvgIpc) is 1.73. The fraction of sp³-hybridized carbons (Fsp3) is 0.554. The van der Waals surface area contributed by atoms with E-state index < -0.39 is 168 Å². The first kappa shape index (κ1) is 86.3. The molecule has 2 saturated heterocycles. The third-order valence-corrected chi connectivity index (χ3v) is 17.3. The van der Waals surface area contributed by atoms with E-state index in [-0.39, 0.29) is 145 Å². The summed E-state index contributed by atoms with van der Waals surface area (Å²) < 4.78 is 0. The van der Waals surface area contributed by atoms with Crippen LogP contribution in [0.15, 0.2) is 69.6 Å². The molecular formula is C65H101N23O16S. The van der Waals surface area contributed by atoms with Crippen molar-refractivity contribution in [2.24, 2.45) is 66.8 Å². The number of guanidine groups is 3. The van der Waals surface area contributed by atoms with Gasteiger partial charge in [-0.25, -0.2) is 0 Å². The van der Waals surface area contributed by atoms with Crippen LogP contribution in [0.25, 0.3) is 0 Å². The van der Waals surface area contributed by atoms with Crippen molar-refractivity contribution in [1.29, 1.82) is 0 Å². The zero-order valence-electron chi connectivity index (χ0n) is 58.7.